The van der Waals surface area contributed by atoms with Gasteiger partial charge in [-0.1, -0.05) is 12.1 Å². The largest absolute Gasteiger partial charge is 0.356 e. The van der Waals surface area contributed by atoms with Gasteiger partial charge in [0.1, 0.15) is 5.82 Å². The molecule has 25 heavy (non-hydrogen) atoms. The number of aliphatic imine (C=N–C) groups is 1. The van der Waals surface area contributed by atoms with Gasteiger partial charge in [-0.25, -0.2) is 4.39 Å². The van der Waals surface area contributed by atoms with Gasteiger partial charge in [-0.15, -0.1) is 24.0 Å². The van der Waals surface area contributed by atoms with E-state index in [9.17, 15) is 4.39 Å². The quantitative estimate of drug-likeness (QED) is 0.397. The third-order valence-electron chi connectivity index (χ3n) is 4.17. The summed E-state index contributed by atoms with van der Waals surface area (Å²) in [5.74, 6) is 0.571. The van der Waals surface area contributed by atoms with Crippen molar-refractivity contribution in [1.82, 2.24) is 20.4 Å². The summed E-state index contributed by atoms with van der Waals surface area (Å²) in [5.41, 5.74) is 4.66. The number of hydrogen-bond donors (Lipinski definition) is 2. The Labute approximate surface area is 166 Å². The van der Waals surface area contributed by atoms with Crippen LogP contribution in [-0.2, 0) is 19.9 Å². The molecule has 0 atom stereocenters. The lowest BCUT2D eigenvalue weighted by Crippen LogP contribution is -2.39. The molecule has 0 unspecified atom stereocenters. The second-order valence-electron chi connectivity index (χ2n) is 5.83. The predicted octanol–water partition coefficient (Wildman–Crippen LogP) is 2.74. The van der Waals surface area contributed by atoms with Gasteiger partial charge >= 0.3 is 0 Å². The highest BCUT2D eigenvalue weighted by molar-refractivity contribution is 14.0. The van der Waals surface area contributed by atoms with Crippen molar-refractivity contribution >= 4 is 29.9 Å². The molecule has 0 bridgehead atoms. The van der Waals surface area contributed by atoms with E-state index in [-0.39, 0.29) is 29.8 Å². The maximum absolute atomic E-state index is 12.9. The SMILES string of the molecule is CN=C(NCCc1ccc(F)cc1)NCCc1c(C)nn(C)c1C.I. The Morgan fingerprint density at radius 3 is 2.24 bits per heavy atom. The standard InChI is InChI=1S/C18H26FN5.HI/c1-13-17(14(2)24(4)23-13)10-12-22-18(20-3)21-11-9-15-5-7-16(19)8-6-15;/h5-8H,9-12H2,1-4H3,(H2,20,21,22);1H. The molecule has 0 aliphatic heterocycles. The minimum atomic E-state index is -0.204. The molecular weight excluding hydrogens is 432 g/mol. The zero-order chi connectivity index (χ0) is 17.5. The van der Waals surface area contributed by atoms with Crippen LogP contribution in [0.4, 0.5) is 4.39 Å². The van der Waals surface area contributed by atoms with E-state index in [0.717, 1.165) is 43.1 Å². The molecule has 1 heterocycles. The number of aryl methyl sites for hydroxylation is 2. The summed E-state index contributed by atoms with van der Waals surface area (Å²) in [6.07, 6.45) is 1.73. The van der Waals surface area contributed by atoms with E-state index >= 15 is 0 Å². The van der Waals surface area contributed by atoms with E-state index in [0.29, 0.717) is 0 Å². The highest BCUT2D eigenvalue weighted by Gasteiger charge is 2.09. The van der Waals surface area contributed by atoms with Crippen LogP contribution < -0.4 is 10.6 Å². The Morgan fingerprint density at radius 1 is 1.12 bits per heavy atom. The Balaban J connectivity index is 0.00000312. The monoisotopic (exact) mass is 459 g/mol. The van der Waals surface area contributed by atoms with Gasteiger partial charge in [0.25, 0.3) is 0 Å². The summed E-state index contributed by atoms with van der Waals surface area (Å²) in [7, 11) is 3.73. The van der Waals surface area contributed by atoms with E-state index in [1.807, 2.05) is 18.7 Å². The van der Waals surface area contributed by atoms with Crippen LogP contribution in [0.3, 0.4) is 0 Å². The molecule has 2 aromatic rings. The number of hydrogen-bond acceptors (Lipinski definition) is 2. The summed E-state index contributed by atoms with van der Waals surface area (Å²) in [4.78, 5) is 4.23. The lowest BCUT2D eigenvalue weighted by atomic mass is 10.1. The van der Waals surface area contributed by atoms with E-state index in [2.05, 4.69) is 27.6 Å². The first kappa shape index (κ1) is 21.4. The Bertz CT molecular complexity index is 694. The van der Waals surface area contributed by atoms with Gasteiger partial charge in [-0.3, -0.25) is 9.67 Å². The summed E-state index contributed by atoms with van der Waals surface area (Å²) in [6, 6.07) is 6.59. The van der Waals surface area contributed by atoms with Gasteiger partial charge in [0.2, 0.25) is 0 Å². The molecule has 0 saturated carbocycles. The molecular formula is C18H27FIN5. The molecule has 0 aliphatic carbocycles. The molecule has 0 amide bonds. The van der Waals surface area contributed by atoms with Crippen LogP contribution in [0.15, 0.2) is 29.3 Å². The molecule has 2 N–H and O–H groups in total. The second kappa shape index (κ2) is 10.4. The normalized spacial score (nSPS) is 11.2. The third kappa shape index (κ3) is 6.30. The maximum Gasteiger partial charge on any atom is 0.190 e. The topological polar surface area (TPSA) is 54.2 Å². The number of nitrogens with zero attached hydrogens (tertiary/aromatic N) is 3. The number of aromatic nitrogens is 2. The van der Waals surface area contributed by atoms with Crippen molar-refractivity contribution in [3.8, 4) is 0 Å². The van der Waals surface area contributed by atoms with Crippen molar-refractivity contribution in [2.24, 2.45) is 12.0 Å². The number of benzene rings is 1. The van der Waals surface area contributed by atoms with E-state index < -0.39 is 0 Å². The Morgan fingerprint density at radius 2 is 1.72 bits per heavy atom. The van der Waals surface area contributed by atoms with Gasteiger partial charge < -0.3 is 10.6 Å². The van der Waals surface area contributed by atoms with Gasteiger partial charge in [0.05, 0.1) is 5.69 Å². The van der Waals surface area contributed by atoms with Gasteiger partial charge in [-0.05, 0) is 49.9 Å². The molecule has 1 aromatic heterocycles. The smallest absolute Gasteiger partial charge is 0.190 e. The molecule has 2 rings (SSSR count). The minimum absolute atomic E-state index is 0. The van der Waals surface area contributed by atoms with Crippen LogP contribution >= 0.6 is 24.0 Å². The predicted molar refractivity (Wildman–Crippen MR) is 111 cm³/mol. The van der Waals surface area contributed by atoms with Crippen molar-refractivity contribution in [2.75, 3.05) is 20.1 Å². The molecule has 0 spiro atoms. The molecule has 1 aromatic carbocycles. The van der Waals surface area contributed by atoms with Gasteiger partial charge in [-0.2, -0.15) is 5.10 Å². The van der Waals surface area contributed by atoms with Crippen LogP contribution in [0, 0.1) is 19.7 Å². The fourth-order valence-electron chi connectivity index (χ4n) is 2.68. The molecule has 138 valence electrons. The van der Waals surface area contributed by atoms with Crippen molar-refractivity contribution in [2.45, 2.75) is 26.7 Å². The minimum Gasteiger partial charge on any atom is -0.356 e. The zero-order valence-corrected chi connectivity index (χ0v) is 17.6. The highest BCUT2D eigenvalue weighted by atomic mass is 127. The van der Waals surface area contributed by atoms with Crippen LogP contribution in [0.1, 0.15) is 22.5 Å². The van der Waals surface area contributed by atoms with E-state index in [1.165, 1.54) is 23.4 Å². The van der Waals surface area contributed by atoms with Gasteiger partial charge in [0, 0.05) is 32.9 Å². The average molecular weight is 459 g/mol. The highest BCUT2D eigenvalue weighted by Crippen LogP contribution is 2.11. The number of nitrogens with one attached hydrogen (secondary N) is 2. The Hall–Kier alpha value is -1.64. The molecule has 5 nitrogen and oxygen atoms in total. The molecule has 0 fully saturated rings. The number of guanidine groups is 1. The molecule has 0 saturated heterocycles. The lowest BCUT2D eigenvalue weighted by Gasteiger charge is -2.12. The number of halogens is 2. The summed E-state index contributed by atoms with van der Waals surface area (Å²) in [6.45, 7) is 5.67. The van der Waals surface area contributed by atoms with Crippen LogP contribution in [0.5, 0.6) is 0 Å². The fourth-order valence-corrected chi connectivity index (χ4v) is 2.68. The maximum atomic E-state index is 12.9. The zero-order valence-electron chi connectivity index (χ0n) is 15.3. The fraction of sp³-hybridized carbons (Fsp3) is 0.444. The first-order valence-corrected chi connectivity index (χ1v) is 8.19. The first-order valence-electron chi connectivity index (χ1n) is 8.19. The lowest BCUT2D eigenvalue weighted by molar-refractivity contribution is 0.626. The van der Waals surface area contributed by atoms with Crippen molar-refractivity contribution in [3.63, 3.8) is 0 Å². The van der Waals surface area contributed by atoms with Crippen LogP contribution in [-0.4, -0.2) is 35.9 Å². The molecule has 0 aliphatic rings. The van der Waals surface area contributed by atoms with E-state index in [1.54, 1.807) is 19.2 Å². The third-order valence-corrected chi connectivity index (χ3v) is 4.17. The van der Waals surface area contributed by atoms with Crippen LogP contribution in [0.25, 0.3) is 0 Å². The van der Waals surface area contributed by atoms with E-state index in [4.69, 9.17) is 0 Å². The summed E-state index contributed by atoms with van der Waals surface area (Å²) < 4.78 is 14.8. The first-order chi connectivity index (χ1) is 11.5. The molecule has 0 radical (unpaired) electrons. The van der Waals surface area contributed by atoms with Crippen LogP contribution in [0.2, 0.25) is 0 Å². The number of rotatable bonds is 6. The van der Waals surface area contributed by atoms with Crippen molar-refractivity contribution in [3.05, 3.63) is 52.6 Å². The van der Waals surface area contributed by atoms with Crippen molar-refractivity contribution in [1.29, 1.82) is 0 Å². The average Bonchev–Trinajstić information content (AvgIpc) is 2.81. The second-order valence-corrected chi connectivity index (χ2v) is 5.83. The molecule has 7 heteroatoms. The summed E-state index contributed by atoms with van der Waals surface area (Å²) >= 11 is 0. The van der Waals surface area contributed by atoms with Gasteiger partial charge in [0.15, 0.2) is 5.96 Å². The Kier molecular flexibility index (Phi) is 8.88. The summed E-state index contributed by atoms with van der Waals surface area (Å²) in [5, 5.41) is 11.0. The van der Waals surface area contributed by atoms with Crippen molar-refractivity contribution < 1.29 is 4.39 Å².